The van der Waals surface area contributed by atoms with E-state index >= 15 is 0 Å². The Bertz CT molecular complexity index is 628. The maximum Gasteiger partial charge on any atom is 0.0736 e. The molecule has 2 aromatic rings. The van der Waals surface area contributed by atoms with Crippen LogP contribution >= 0.6 is 11.6 Å². The molecule has 1 heterocycles. The van der Waals surface area contributed by atoms with Crippen molar-refractivity contribution < 1.29 is 0 Å². The van der Waals surface area contributed by atoms with Gasteiger partial charge in [-0.15, -0.1) is 0 Å². The molecular weight excluding hydrogens is 280 g/mol. The minimum atomic E-state index is 0.00823. The van der Waals surface area contributed by atoms with Crippen LogP contribution in [-0.2, 0) is 5.41 Å². The van der Waals surface area contributed by atoms with Gasteiger partial charge >= 0.3 is 0 Å². The van der Waals surface area contributed by atoms with Crippen molar-refractivity contribution in [1.82, 2.24) is 10.2 Å². The largest absolute Gasteiger partial charge is 0.156 e. The molecule has 1 aromatic carbocycles. The van der Waals surface area contributed by atoms with E-state index in [9.17, 15) is 0 Å². The third-order valence-corrected chi connectivity index (χ3v) is 5.13. The van der Waals surface area contributed by atoms with E-state index in [0.29, 0.717) is 0 Å². The fourth-order valence-corrected chi connectivity index (χ4v) is 3.56. The highest BCUT2D eigenvalue weighted by Crippen LogP contribution is 2.44. The molecule has 3 heteroatoms. The zero-order valence-electron chi connectivity index (χ0n) is 12.7. The van der Waals surface area contributed by atoms with Gasteiger partial charge in [-0.1, -0.05) is 43.0 Å². The van der Waals surface area contributed by atoms with Gasteiger partial charge in [-0.2, -0.15) is 10.2 Å². The second-order valence-corrected chi connectivity index (χ2v) is 6.57. The van der Waals surface area contributed by atoms with Gasteiger partial charge in [0.05, 0.1) is 11.4 Å². The average molecular weight is 301 g/mol. The van der Waals surface area contributed by atoms with Crippen LogP contribution in [-0.4, -0.2) is 10.2 Å². The molecule has 1 aromatic heterocycles. The van der Waals surface area contributed by atoms with Crippen molar-refractivity contribution in [2.24, 2.45) is 0 Å². The molecule has 21 heavy (non-hydrogen) atoms. The highest BCUT2D eigenvalue weighted by molar-refractivity contribution is 6.31. The van der Waals surface area contributed by atoms with Gasteiger partial charge in [0, 0.05) is 10.4 Å². The number of hydrogen-bond donors (Lipinski definition) is 0. The zero-order valence-corrected chi connectivity index (χ0v) is 13.5. The molecule has 1 aliphatic rings. The standard InChI is InChI=1S/C18H21ClN2/c1-13-12-15(7-8-16(13)19)18(10-4-3-5-11-18)17-9-6-14(2)20-21-17/h6-9,12H,3-5,10-11H2,1-2H3. The summed E-state index contributed by atoms with van der Waals surface area (Å²) < 4.78 is 0. The van der Waals surface area contributed by atoms with Crippen LogP contribution in [0.2, 0.25) is 5.02 Å². The topological polar surface area (TPSA) is 25.8 Å². The van der Waals surface area contributed by atoms with E-state index < -0.39 is 0 Å². The van der Waals surface area contributed by atoms with Crippen LogP contribution < -0.4 is 0 Å². The molecule has 0 spiro atoms. The lowest BCUT2D eigenvalue weighted by Crippen LogP contribution is -2.32. The predicted molar refractivity (Wildman–Crippen MR) is 86.8 cm³/mol. The van der Waals surface area contributed by atoms with Gasteiger partial charge in [0.25, 0.3) is 0 Å². The van der Waals surface area contributed by atoms with E-state index in [1.807, 2.05) is 13.0 Å². The Morgan fingerprint density at radius 1 is 0.952 bits per heavy atom. The number of benzene rings is 1. The second kappa shape index (κ2) is 5.76. The van der Waals surface area contributed by atoms with E-state index in [-0.39, 0.29) is 5.41 Å². The molecule has 1 fully saturated rings. The maximum atomic E-state index is 6.20. The molecule has 0 radical (unpaired) electrons. The molecule has 0 amide bonds. The van der Waals surface area contributed by atoms with E-state index in [4.69, 9.17) is 11.6 Å². The first kappa shape index (κ1) is 14.5. The van der Waals surface area contributed by atoms with E-state index in [2.05, 4.69) is 41.4 Å². The summed E-state index contributed by atoms with van der Waals surface area (Å²) in [5, 5.41) is 9.64. The number of nitrogens with zero attached hydrogens (tertiary/aromatic N) is 2. The molecule has 0 unspecified atom stereocenters. The van der Waals surface area contributed by atoms with Gasteiger partial charge in [-0.25, -0.2) is 0 Å². The lowest BCUT2D eigenvalue weighted by atomic mass is 9.67. The van der Waals surface area contributed by atoms with Crippen molar-refractivity contribution in [3.63, 3.8) is 0 Å². The maximum absolute atomic E-state index is 6.20. The zero-order chi connectivity index (χ0) is 14.9. The highest BCUT2D eigenvalue weighted by Gasteiger charge is 2.37. The second-order valence-electron chi connectivity index (χ2n) is 6.17. The summed E-state index contributed by atoms with van der Waals surface area (Å²) in [6.07, 6.45) is 6.10. The van der Waals surface area contributed by atoms with Crippen LogP contribution in [0.25, 0.3) is 0 Å². The van der Waals surface area contributed by atoms with Crippen LogP contribution in [0.3, 0.4) is 0 Å². The van der Waals surface area contributed by atoms with Crippen molar-refractivity contribution in [2.75, 3.05) is 0 Å². The van der Waals surface area contributed by atoms with Crippen LogP contribution in [0.5, 0.6) is 0 Å². The first-order chi connectivity index (χ1) is 10.1. The Balaban J connectivity index is 2.12. The van der Waals surface area contributed by atoms with Crippen molar-refractivity contribution >= 4 is 11.6 Å². The summed E-state index contributed by atoms with van der Waals surface area (Å²) in [5.74, 6) is 0. The molecule has 0 N–H and O–H groups in total. The van der Waals surface area contributed by atoms with Crippen LogP contribution in [0, 0.1) is 13.8 Å². The molecule has 110 valence electrons. The summed E-state index contributed by atoms with van der Waals surface area (Å²) in [7, 11) is 0. The SMILES string of the molecule is Cc1ccc(C2(c3ccc(Cl)c(C)c3)CCCCC2)nn1. The number of hydrogen-bond acceptors (Lipinski definition) is 2. The Morgan fingerprint density at radius 3 is 2.33 bits per heavy atom. The van der Waals surface area contributed by atoms with Crippen LogP contribution in [0.4, 0.5) is 0 Å². The van der Waals surface area contributed by atoms with Gasteiger partial charge in [-0.05, 0) is 56.0 Å². The average Bonchev–Trinajstić information content (AvgIpc) is 2.51. The normalized spacial score (nSPS) is 17.7. The van der Waals surface area contributed by atoms with E-state index in [1.54, 1.807) is 0 Å². The lowest BCUT2D eigenvalue weighted by molar-refractivity contribution is 0.336. The van der Waals surface area contributed by atoms with E-state index in [1.165, 1.54) is 24.8 Å². The summed E-state index contributed by atoms with van der Waals surface area (Å²) in [6, 6.07) is 10.6. The first-order valence-electron chi connectivity index (χ1n) is 7.69. The summed E-state index contributed by atoms with van der Waals surface area (Å²) in [4.78, 5) is 0. The fourth-order valence-electron chi connectivity index (χ4n) is 3.44. The minimum absolute atomic E-state index is 0.00823. The van der Waals surface area contributed by atoms with Crippen molar-refractivity contribution in [2.45, 2.75) is 51.4 Å². The minimum Gasteiger partial charge on any atom is -0.156 e. The van der Waals surface area contributed by atoms with Gasteiger partial charge < -0.3 is 0 Å². The van der Waals surface area contributed by atoms with Crippen molar-refractivity contribution in [3.05, 3.63) is 57.9 Å². The number of rotatable bonds is 2. The molecule has 3 rings (SSSR count). The first-order valence-corrected chi connectivity index (χ1v) is 8.07. The van der Waals surface area contributed by atoms with Gasteiger partial charge in [0.2, 0.25) is 0 Å². The molecule has 1 saturated carbocycles. The molecule has 1 aliphatic carbocycles. The fraction of sp³-hybridized carbons (Fsp3) is 0.444. The lowest BCUT2D eigenvalue weighted by Gasteiger charge is -2.37. The Hall–Kier alpha value is -1.41. The van der Waals surface area contributed by atoms with Gasteiger partial charge in [0.1, 0.15) is 0 Å². The van der Waals surface area contributed by atoms with Crippen molar-refractivity contribution in [1.29, 1.82) is 0 Å². The number of halogens is 1. The van der Waals surface area contributed by atoms with Crippen LogP contribution in [0.1, 0.15) is 54.6 Å². The summed E-state index contributed by atoms with van der Waals surface area (Å²) in [6.45, 7) is 4.06. The molecule has 0 aliphatic heterocycles. The third-order valence-electron chi connectivity index (χ3n) is 4.71. The summed E-state index contributed by atoms with van der Waals surface area (Å²) >= 11 is 6.20. The molecule has 0 atom stereocenters. The Morgan fingerprint density at radius 2 is 1.71 bits per heavy atom. The smallest absolute Gasteiger partial charge is 0.0736 e. The Kier molecular flexibility index (Phi) is 3.99. The van der Waals surface area contributed by atoms with E-state index in [0.717, 1.165) is 34.8 Å². The molecular formula is C18H21ClN2. The van der Waals surface area contributed by atoms with Gasteiger partial charge in [-0.3, -0.25) is 0 Å². The highest BCUT2D eigenvalue weighted by atomic mass is 35.5. The summed E-state index contributed by atoms with van der Waals surface area (Å²) in [5.41, 5.74) is 4.56. The monoisotopic (exact) mass is 300 g/mol. The number of aryl methyl sites for hydroxylation is 2. The van der Waals surface area contributed by atoms with Crippen LogP contribution in [0.15, 0.2) is 30.3 Å². The third kappa shape index (κ3) is 2.69. The van der Waals surface area contributed by atoms with Crippen molar-refractivity contribution in [3.8, 4) is 0 Å². The molecule has 0 bridgehead atoms. The predicted octanol–water partition coefficient (Wildman–Crippen LogP) is 5.00. The molecule has 0 saturated heterocycles. The quantitative estimate of drug-likeness (QED) is 0.780. The molecule has 2 nitrogen and oxygen atoms in total. The Labute approximate surface area is 131 Å². The number of aromatic nitrogens is 2. The van der Waals surface area contributed by atoms with Gasteiger partial charge in [0.15, 0.2) is 0 Å².